The van der Waals surface area contributed by atoms with Crippen LogP contribution in [0.5, 0.6) is 0 Å². The number of hydrogen-bond donors (Lipinski definition) is 1. The molecular weight excluding hydrogens is 266 g/mol. The molecule has 0 fully saturated rings. The van der Waals surface area contributed by atoms with Crippen LogP contribution in [-0.2, 0) is 18.7 Å². The number of rotatable bonds is 8. The summed E-state index contributed by atoms with van der Waals surface area (Å²) in [4.78, 5) is 4.24. The first-order valence-electron chi connectivity index (χ1n) is 6.24. The maximum Gasteiger partial charge on any atom is 0.237 e. The highest BCUT2D eigenvalue weighted by molar-refractivity contribution is 7.98. The zero-order valence-electron chi connectivity index (χ0n) is 11.0. The van der Waals surface area contributed by atoms with E-state index in [1.807, 2.05) is 6.92 Å². The monoisotopic (exact) mass is 283 g/mol. The first-order valence-corrected chi connectivity index (χ1v) is 7.23. The Kier molecular flexibility index (Phi) is 5.28. The lowest BCUT2D eigenvalue weighted by atomic mass is 10.5. The minimum atomic E-state index is 0.578. The number of aromatic nitrogens is 6. The van der Waals surface area contributed by atoms with Crippen LogP contribution < -0.4 is 5.32 Å². The van der Waals surface area contributed by atoms with Gasteiger partial charge in [0.1, 0.15) is 0 Å². The van der Waals surface area contributed by atoms with E-state index in [9.17, 15) is 0 Å². The van der Waals surface area contributed by atoms with Crippen LogP contribution in [-0.4, -0.2) is 43.4 Å². The Balaban J connectivity index is 1.86. The molecule has 0 aliphatic carbocycles. The minimum absolute atomic E-state index is 0.578. The van der Waals surface area contributed by atoms with E-state index in [0.29, 0.717) is 11.6 Å². The van der Waals surface area contributed by atoms with E-state index in [-0.39, 0.29) is 0 Å². The molecule has 0 amide bonds. The maximum atomic E-state index is 5.12. The molecule has 2 aromatic heterocycles. The van der Waals surface area contributed by atoms with Gasteiger partial charge in [0.05, 0.1) is 12.3 Å². The van der Waals surface area contributed by atoms with Gasteiger partial charge in [-0.2, -0.15) is 4.98 Å². The van der Waals surface area contributed by atoms with Crippen LogP contribution in [0.3, 0.4) is 0 Å². The number of nitrogens with one attached hydrogen (secondary N) is 1. The Bertz CT molecular complexity index is 498. The summed E-state index contributed by atoms with van der Waals surface area (Å²) >= 11 is 1.49. The standard InChI is InChI=1S/C10H17N7OS/c1-3-8-12-9(18-14-8)7-19-10-13-15-16-17(10)6-5-11-4-2/h11H,3-7H2,1-2H3. The molecule has 8 nitrogen and oxygen atoms in total. The normalized spacial score (nSPS) is 11.1. The summed E-state index contributed by atoms with van der Waals surface area (Å²) < 4.78 is 6.89. The molecule has 104 valence electrons. The van der Waals surface area contributed by atoms with Gasteiger partial charge in [0.15, 0.2) is 5.82 Å². The molecule has 19 heavy (non-hydrogen) atoms. The van der Waals surface area contributed by atoms with Crippen molar-refractivity contribution < 1.29 is 4.52 Å². The topological polar surface area (TPSA) is 94.6 Å². The molecule has 2 heterocycles. The summed E-state index contributed by atoms with van der Waals surface area (Å²) in [7, 11) is 0. The zero-order valence-corrected chi connectivity index (χ0v) is 11.9. The van der Waals surface area contributed by atoms with Crippen molar-refractivity contribution in [3.05, 3.63) is 11.7 Å². The van der Waals surface area contributed by atoms with Gasteiger partial charge in [0, 0.05) is 13.0 Å². The molecule has 9 heteroatoms. The largest absolute Gasteiger partial charge is 0.338 e. The van der Waals surface area contributed by atoms with Crippen molar-refractivity contribution in [3.63, 3.8) is 0 Å². The molecule has 0 saturated carbocycles. The fourth-order valence-corrected chi connectivity index (χ4v) is 2.16. The molecule has 0 aromatic carbocycles. The molecular formula is C10H17N7OS. The highest BCUT2D eigenvalue weighted by Gasteiger charge is 2.10. The summed E-state index contributed by atoms with van der Waals surface area (Å²) in [6.45, 7) is 6.58. The third kappa shape index (κ3) is 4.00. The molecule has 0 saturated heterocycles. The SMILES string of the molecule is CCNCCn1nnnc1SCc1nc(CC)no1. The van der Waals surface area contributed by atoms with Gasteiger partial charge in [-0.3, -0.25) is 0 Å². The van der Waals surface area contributed by atoms with Crippen LogP contribution in [0.2, 0.25) is 0 Å². The van der Waals surface area contributed by atoms with Crippen molar-refractivity contribution in [2.45, 2.75) is 37.7 Å². The highest BCUT2D eigenvalue weighted by atomic mass is 32.2. The highest BCUT2D eigenvalue weighted by Crippen LogP contribution is 2.18. The third-order valence-electron chi connectivity index (χ3n) is 2.40. The van der Waals surface area contributed by atoms with Gasteiger partial charge in [0.2, 0.25) is 11.0 Å². The molecule has 0 bridgehead atoms. The fourth-order valence-electron chi connectivity index (χ4n) is 1.42. The fraction of sp³-hybridized carbons (Fsp3) is 0.700. The average molecular weight is 283 g/mol. The molecule has 0 aliphatic rings. The van der Waals surface area contributed by atoms with Gasteiger partial charge >= 0.3 is 0 Å². The van der Waals surface area contributed by atoms with Crippen LogP contribution in [0.1, 0.15) is 25.6 Å². The van der Waals surface area contributed by atoms with E-state index in [4.69, 9.17) is 4.52 Å². The van der Waals surface area contributed by atoms with Gasteiger partial charge in [-0.15, -0.1) is 5.10 Å². The van der Waals surface area contributed by atoms with E-state index in [0.717, 1.165) is 37.0 Å². The summed E-state index contributed by atoms with van der Waals surface area (Å²) in [6, 6.07) is 0. The second-order valence-corrected chi connectivity index (χ2v) is 4.73. The second kappa shape index (κ2) is 7.19. The lowest BCUT2D eigenvalue weighted by Crippen LogP contribution is -2.20. The number of hydrogen-bond acceptors (Lipinski definition) is 8. The van der Waals surface area contributed by atoms with Crippen LogP contribution in [0, 0.1) is 0 Å². The Morgan fingerprint density at radius 2 is 2.26 bits per heavy atom. The van der Waals surface area contributed by atoms with Crippen molar-refractivity contribution in [1.29, 1.82) is 0 Å². The molecule has 2 aromatic rings. The second-order valence-electron chi connectivity index (χ2n) is 3.78. The van der Waals surface area contributed by atoms with Crippen molar-refractivity contribution in [1.82, 2.24) is 35.7 Å². The quantitative estimate of drug-likeness (QED) is 0.553. The Morgan fingerprint density at radius 1 is 1.37 bits per heavy atom. The smallest absolute Gasteiger partial charge is 0.237 e. The first kappa shape index (κ1) is 13.9. The van der Waals surface area contributed by atoms with E-state index < -0.39 is 0 Å². The average Bonchev–Trinajstić information content (AvgIpc) is 3.05. The Morgan fingerprint density at radius 3 is 3.00 bits per heavy atom. The van der Waals surface area contributed by atoms with Crippen molar-refractivity contribution >= 4 is 11.8 Å². The molecule has 0 unspecified atom stereocenters. The number of likely N-dealkylation sites (N-methyl/N-ethyl adjacent to an activating group) is 1. The van der Waals surface area contributed by atoms with Crippen LogP contribution >= 0.6 is 11.8 Å². The van der Waals surface area contributed by atoms with Gasteiger partial charge < -0.3 is 9.84 Å². The minimum Gasteiger partial charge on any atom is -0.338 e. The van der Waals surface area contributed by atoms with E-state index >= 15 is 0 Å². The summed E-state index contributed by atoms with van der Waals surface area (Å²) in [5.41, 5.74) is 0. The van der Waals surface area contributed by atoms with Crippen LogP contribution in [0.4, 0.5) is 0 Å². The van der Waals surface area contributed by atoms with E-state index in [1.54, 1.807) is 4.68 Å². The van der Waals surface area contributed by atoms with Crippen molar-refractivity contribution in [2.24, 2.45) is 0 Å². The predicted molar refractivity (Wildman–Crippen MR) is 69.6 cm³/mol. The van der Waals surface area contributed by atoms with E-state index in [2.05, 4.69) is 37.9 Å². The number of aryl methyl sites for hydroxylation is 1. The van der Waals surface area contributed by atoms with Crippen molar-refractivity contribution in [2.75, 3.05) is 13.1 Å². The van der Waals surface area contributed by atoms with Crippen LogP contribution in [0.15, 0.2) is 9.68 Å². The Labute approximate surface area is 115 Å². The number of thioether (sulfide) groups is 1. The Hall–Kier alpha value is -1.48. The zero-order chi connectivity index (χ0) is 13.5. The maximum absolute atomic E-state index is 5.12. The number of nitrogens with zero attached hydrogens (tertiary/aromatic N) is 6. The third-order valence-corrected chi connectivity index (χ3v) is 3.34. The molecule has 2 rings (SSSR count). The van der Waals surface area contributed by atoms with E-state index in [1.165, 1.54) is 11.8 Å². The molecule has 0 atom stereocenters. The van der Waals surface area contributed by atoms with Crippen LogP contribution in [0.25, 0.3) is 0 Å². The lowest BCUT2D eigenvalue weighted by Gasteiger charge is -2.03. The summed E-state index contributed by atoms with van der Waals surface area (Å²) in [6.07, 6.45) is 0.772. The first-order chi connectivity index (χ1) is 9.33. The molecule has 1 N–H and O–H groups in total. The molecule has 0 radical (unpaired) electrons. The summed E-state index contributed by atoms with van der Waals surface area (Å²) in [5.74, 6) is 1.90. The van der Waals surface area contributed by atoms with Gasteiger partial charge in [-0.1, -0.05) is 30.8 Å². The van der Waals surface area contributed by atoms with Crippen molar-refractivity contribution in [3.8, 4) is 0 Å². The molecule has 0 aliphatic heterocycles. The summed E-state index contributed by atoms with van der Waals surface area (Å²) in [5, 5.41) is 19.5. The predicted octanol–water partition coefficient (Wildman–Crippen LogP) is 0.520. The van der Waals surface area contributed by atoms with Gasteiger partial charge in [-0.05, 0) is 17.0 Å². The lowest BCUT2D eigenvalue weighted by molar-refractivity contribution is 0.385. The molecule has 0 spiro atoms. The van der Waals surface area contributed by atoms with Gasteiger partial charge in [0.25, 0.3) is 0 Å². The number of tetrazole rings is 1. The van der Waals surface area contributed by atoms with Gasteiger partial charge in [-0.25, -0.2) is 4.68 Å².